The molecule has 2 fully saturated rings. The van der Waals surface area contributed by atoms with Gasteiger partial charge < -0.3 is 14.5 Å². The van der Waals surface area contributed by atoms with E-state index >= 15 is 0 Å². The average molecular weight is 441 g/mol. The third-order valence-electron chi connectivity index (χ3n) is 5.61. The third kappa shape index (κ3) is 11.6. The second-order valence-corrected chi connectivity index (χ2v) is 8.80. The van der Waals surface area contributed by atoms with Crippen molar-refractivity contribution in [3.63, 3.8) is 0 Å². The van der Waals surface area contributed by atoms with Crippen molar-refractivity contribution in [3.05, 3.63) is 29.8 Å². The number of benzene rings is 1. The number of nitrogens with zero attached hydrogens (tertiary/aromatic N) is 2. The number of halogens is 2. The normalized spacial score (nSPS) is 17.5. The van der Waals surface area contributed by atoms with Crippen molar-refractivity contribution in [2.24, 2.45) is 5.92 Å². The smallest absolute Gasteiger partial charge is 0.182 e. The van der Waals surface area contributed by atoms with Gasteiger partial charge in [-0.15, -0.1) is 0 Å². The average Bonchev–Trinajstić information content (AvgIpc) is 2.76. The molecule has 1 aromatic carbocycles. The highest BCUT2D eigenvalue weighted by atomic mass is 19.2. The van der Waals surface area contributed by atoms with E-state index in [0.717, 1.165) is 44.7 Å². The zero-order valence-electron chi connectivity index (χ0n) is 20.1. The third-order valence-corrected chi connectivity index (χ3v) is 5.61. The zero-order valence-corrected chi connectivity index (χ0v) is 20.1. The number of hydrogen-bond acceptors (Lipinski definition) is 4. The Labute approximate surface area is 187 Å². The van der Waals surface area contributed by atoms with Crippen molar-refractivity contribution in [2.75, 3.05) is 44.2 Å². The predicted octanol–water partition coefficient (Wildman–Crippen LogP) is 5.69. The minimum atomic E-state index is -0.768. The molecule has 178 valence electrons. The number of likely N-dealkylation sites (N-methyl/N-ethyl adjacent to an activating group) is 1. The van der Waals surface area contributed by atoms with Gasteiger partial charge in [0.25, 0.3) is 0 Å². The van der Waals surface area contributed by atoms with Crippen LogP contribution in [0.3, 0.4) is 0 Å². The van der Waals surface area contributed by atoms with E-state index in [-0.39, 0.29) is 18.5 Å². The summed E-state index contributed by atoms with van der Waals surface area (Å²) in [6.07, 6.45) is 7.60. The van der Waals surface area contributed by atoms with Crippen LogP contribution in [0.5, 0.6) is 0 Å². The molecule has 0 spiro atoms. The summed E-state index contributed by atoms with van der Waals surface area (Å²) in [4.78, 5) is 14.4. The standard InChI is InChI=1S/C12H16F2N2.C7H14.C6H12O2/c1-2-15-6-8-16(9-7-15)11-5-3-4-10(13)12(11)14;1-7-5-3-2-4-6-7;1-5(2)8-4-6(3)7/h3-5H,2,6-9H2,1H3;7H,2-6H2,1H3;5H,4H2,1-3H3. The van der Waals surface area contributed by atoms with Gasteiger partial charge >= 0.3 is 0 Å². The molecule has 0 amide bonds. The number of Topliss-reactive ketones (excluding diaryl/α,β-unsaturated/α-hetero) is 1. The number of rotatable bonds is 5. The molecule has 0 bridgehead atoms. The van der Waals surface area contributed by atoms with Gasteiger partial charge in [0.15, 0.2) is 17.4 Å². The fourth-order valence-electron chi connectivity index (χ4n) is 3.63. The first-order chi connectivity index (χ1) is 14.7. The summed E-state index contributed by atoms with van der Waals surface area (Å²) in [5, 5.41) is 0. The number of ether oxygens (including phenoxy) is 1. The Hall–Kier alpha value is -1.53. The molecule has 0 N–H and O–H groups in total. The summed E-state index contributed by atoms with van der Waals surface area (Å²) < 4.78 is 31.6. The lowest BCUT2D eigenvalue weighted by molar-refractivity contribution is -0.122. The Bertz CT molecular complexity index is 626. The Kier molecular flexibility index (Phi) is 13.6. The van der Waals surface area contributed by atoms with Crippen LogP contribution in [0, 0.1) is 17.6 Å². The maximum atomic E-state index is 13.5. The number of carbonyl (C=O) groups is 1. The molecule has 31 heavy (non-hydrogen) atoms. The number of piperazine rings is 1. The molecule has 0 radical (unpaired) electrons. The Morgan fingerprint density at radius 3 is 2.13 bits per heavy atom. The molecule has 1 heterocycles. The topological polar surface area (TPSA) is 32.8 Å². The molecular formula is C25H42F2N2O2. The van der Waals surface area contributed by atoms with Gasteiger partial charge in [-0.25, -0.2) is 8.78 Å². The van der Waals surface area contributed by atoms with Crippen molar-refractivity contribution >= 4 is 11.5 Å². The van der Waals surface area contributed by atoms with E-state index in [1.165, 1.54) is 39.0 Å². The summed E-state index contributed by atoms with van der Waals surface area (Å²) in [6, 6.07) is 4.35. The SMILES string of the molecule is CC(=O)COC(C)C.CC1CCCCC1.CCN1CCN(c2cccc(F)c2F)CC1. The Morgan fingerprint density at radius 2 is 1.71 bits per heavy atom. The molecule has 3 rings (SSSR count). The maximum Gasteiger partial charge on any atom is 0.182 e. The van der Waals surface area contributed by atoms with Crippen LogP contribution in [0.2, 0.25) is 0 Å². The van der Waals surface area contributed by atoms with Crippen LogP contribution < -0.4 is 4.90 Å². The highest BCUT2D eigenvalue weighted by Crippen LogP contribution is 2.23. The van der Waals surface area contributed by atoms with Gasteiger partial charge in [0.1, 0.15) is 6.61 Å². The molecule has 1 aliphatic carbocycles. The van der Waals surface area contributed by atoms with E-state index in [0.29, 0.717) is 5.69 Å². The van der Waals surface area contributed by atoms with E-state index in [2.05, 4.69) is 18.7 Å². The van der Waals surface area contributed by atoms with Gasteiger partial charge in [0.2, 0.25) is 0 Å². The lowest BCUT2D eigenvalue weighted by atomic mass is 9.91. The first kappa shape index (κ1) is 27.5. The lowest BCUT2D eigenvalue weighted by Crippen LogP contribution is -2.46. The number of carbonyl (C=O) groups excluding carboxylic acids is 1. The van der Waals surface area contributed by atoms with Crippen molar-refractivity contribution in [2.45, 2.75) is 72.8 Å². The van der Waals surface area contributed by atoms with Crippen LogP contribution >= 0.6 is 0 Å². The quantitative estimate of drug-likeness (QED) is 0.589. The number of anilines is 1. The summed E-state index contributed by atoms with van der Waals surface area (Å²) in [7, 11) is 0. The van der Waals surface area contributed by atoms with Gasteiger partial charge in [-0.1, -0.05) is 52.0 Å². The van der Waals surface area contributed by atoms with Gasteiger partial charge in [-0.05, 0) is 45.4 Å². The molecule has 2 aliphatic rings. The lowest BCUT2D eigenvalue weighted by Gasteiger charge is -2.35. The molecule has 0 aromatic heterocycles. The summed E-state index contributed by atoms with van der Waals surface area (Å²) in [5.74, 6) is -0.379. The van der Waals surface area contributed by atoms with Crippen molar-refractivity contribution < 1.29 is 18.3 Å². The number of ketones is 1. The first-order valence-electron chi connectivity index (χ1n) is 11.8. The fraction of sp³-hybridized carbons (Fsp3) is 0.720. The molecule has 4 nitrogen and oxygen atoms in total. The fourth-order valence-corrected chi connectivity index (χ4v) is 3.63. The van der Waals surface area contributed by atoms with E-state index in [4.69, 9.17) is 4.74 Å². The van der Waals surface area contributed by atoms with Crippen LogP contribution in [0.25, 0.3) is 0 Å². The first-order valence-corrected chi connectivity index (χ1v) is 11.8. The van der Waals surface area contributed by atoms with Crippen molar-refractivity contribution in [1.29, 1.82) is 0 Å². The molecule has 1 aromatic rings. The van der Waals surface area contributed by atoms with Gasteiger partial charge in [0.05, 0.1) is 11.8 Å². The largest absolute Gasteiger partial charge is 0.371 e. The van der Waals surface area contributed by atoms with Crippen molar-refractivity contribution in [1.82, 2.24) is 4.90 Å². The van der Waals surface area contributed by atoms with Crippen LogP contribution in [0.1, 0.15) is 66.7 Å². The van der Waals surface area contributed by atoms with E-state index in [1.54, 1.807) is 12.1 Å². The molecule has 1 saturated carbocycles. The van der Waals surface area contributed by atoms with E-state index < -0.39 is 11.6 Å². The zero-order chi connectivity index (χ0) is 23.2. The Balaban J connectivity index is 0.000000268. The minimum Gasteiger partial charge on any atom is -0.371 e. The highest BCUT2D eigenvalue weighted by Gasteiger charge is 2.19. The van der Waals surface area contributed by atoms with Crippen molar-refractivity contribution in [3.8, 4) is 0 Å². The van der Waals surface area contributed by atoms with Gasteiger partial charge in [0, 0.05) is 26.2 Å². The molecular weight excluding hydrogens is 398 g/mol. The molecule has 1 aliphatic heterocycles. The van der Waals surface area contributed by atoms with Gasteiger partial charge in [-0.2, -0.15) is 0 Å². The minimum absolute atomic E-state index is 0.0821. The van der Waals surface area contributed by atoms with Crippen LogP contribution in [0.15, 0.2) is 18.2 Å². The summed E-state index contributed by atoms with van der Waals surface area (Å²) in [6.45, 7) is 14.4. The second-order valence-electron chi connectivity index (χ2n) is 8.80. The monoisotopic (exact) mass is 440 g/mol. The van der Waals surface area contributed by atoms with E-state index in [1.807, 2.05) is 18.7 Å². The second kappa shape index (κ2) is 15.3. The molecule has 0 unspecified atom stereocenters. The highest BCUT2D eigenvalue weighted by molar-refractivity contribution is 5.76. The maximum absolute atomic E-state index is 13.5. The summed E-state index contributed by atoms with van der Waals surface area (Å²) in [5.41, 5.74) is 0.385. The molecule has 1 saturated heterocycles. The Morgan fingerprint density at radius 1 is 1.10 bits per heavy atom. The molecule has 0 atom stereocenters. The van der Waals surface area contributed by atoms with Crippen LogP contribution in [-0.2, 0) is 9.53 Å². The number of hydrogen-bond donors (Lipinski definition) is 0. The van der Waals surface area contributed by atoms with Crippen LogP contribution in [-0.4, -0.2) is 56.1 Å². The van der Waals surface area contributed by atoms with E-state index in [9.17, 15) is 13.6 Å². The predicted molar refractivity (Wildman–Crippen MR) is 125 cm³/mol. The van der Waals surface area contributed by atoms with Crippen LogP contribution in [0.4, 0.5) is 14.5 Å². The van der Waals surface area contributed by atoms with Gasteiger partial charge in [-0.3, -0.25) is 4.79 Å². The molecule has 6 heteroatoms. The summed E-state index contributed by atoms with van der Waals surface area (Å²) >= 11 is 0.